The van der Waals surface area contributed by atoms with Gasteiger partial charge in [-0.15, -0.1) is 0 Å². The smallest absolute Gasteiger partial charge is 0.0717 e. The first-order chi connectivity index (χ1) is 10.4. The van der Waals surface area contributed by atoms with Crippen molar-refractivity contribution in [3.63, 3.8) is 0 Å². The van der Waals surface area contributed by atoms with Gasteiger partial charge in [0.15, 0.2) is 0 Å². The summed E-state index contributed by atoms with van der Waals surface area (Å²) in [6, 6.07) is 6.57. The van der Waals surface area contributed by atoms with E-state index in [-0.39, 0.29) is 5.69 Å². The quantitative estimate of drug-likeness (QED) is 0.798. The highest BCUT2D eigenvalue weighted by molar-refractivity contribution is 5.57. The number of aryl methyl sites for hydroxylation is 1. The van der Waals surface area contributed by atoms with Crippen molar-refractivity contribution in [3.05, 3.63) is 47.9 Å². The monoisotopic (exact) mass is 245 g/mol. The Morgan fingerprint density at radius 2 is 1.94 bits per heavy atom. The maximum Gasteiger partial charge on any atom is 0.0717 e. The van der Waals surface area contributed by atoms with E-state index in [1.165, 1.54) is 18.5 Å². The lowest BCUT2D eigenvalue weighted by molar-refractivity contribution is 0.411. The fraction of sp³-hybridized carbons (Fsp3) is 0.375. The van der Waals surface area contributed by atoms with E-state index < -0.39 is 18.6 Å². The first kappa shape index (κ1) is 7.67. The molecular formula is C16H20N2. The molecule has 0 spiro atoms. The van der Waals surface area contributed by atoms with Gasteiger partial charge in [-0.1, -0.05) is 26.8 Å². The average molecular weight is 245 g/mol. The Kier molecular flexibility index (Phi) is 2.08. The van der Waals surface area contributed by atoms with Crippen LogP contribution >= 0.6 is 0 Å². The summed E-state index contributed by atoms with van der Waals surface area (Å²) in [4.78, 5) is 8.26. The zero-order valence-electron chi connectivity index (χ0n) is 15.9. The number of rotatable bonds is 2. The fourth-order valence-electron chi connectivity index (χ4n) is 1.62. The van der Waals surface area contributed by atoms with Crippen LogP contribution in [0.2, 0.25) is 0 Å². The van der Waals surface area contributed by atoms with E-state index in [1.54, 1.807) is 18.2 Å². The van der Waals surface area contributed by atoms with Gasteiger partial charge in [0, 0.05) is 30.5 Å². The standard InChI is InChI=1S/C16H20N2/c1-12-5-7-14(11-17-12)15-8-6-13(10-18-15)9-16(2,3)4/h5-8,10-11H,9H2,1-4H3/i1D3,9D2. The molecule has 0 radical (unpaired) electrons. The van der Waals surface area contributed by atoms with Gasteiger partial charge in [0.1, 0.15) is 0 Å². The third-order valence-electron chi connectivity index (χ3n) is 2.34. The molecule has 0 saturated carbocycles. The molecular weight excluding hydrogens is 220 g/mol. The number of aromatic nitrogens is 2. The van der Waals surface area contributed by atoms with Gasteiger partial charge < -0.3 is 0 Å². The lowest BCUT2D eigenvalue weighted by Crippen LogP contribution is -2.09. The Balaban J connectivity index is 2.30. The second kappa shape index (κ2) is 4.89. The van der Waals surface area contributed by atoms with Crippen LogP contribution in [0.3, 0.4) is 0 Å². The molecule has 0 amide bonds. The van der Waals surface area contributed by atoms with E-state index in [0.717, 1.165) is 0 Å². The summed E-state index contributed by atoms with van der Waals surface area (Å²) in [6.07, 6.45) is 1.50. The summed E-state index contributed by atoms with van der Waals surface area (Å²) in [6.45, 7) is 3.31. The maximum absolute atomic E-state index is 8.24. The summed E-state index contributed by atoms with van der Waals surface area (Å²) >= 11 is 0. The average Bonchev–Trinajstić information content (AvgIpc) is 2.45. The molecule has 0 N–H and O–H groups in total. The second-order valence-electron chi connectivity index (χ2n) is 5.24. The van der Waals surface area contributed by atoms with Gasteiger partial charge in [-0.25, -0.2) is 0 Å². The maximum atomic E-state index is 8.24. The van der Waals surface area contributed by atoms with Crippen molar-refractivity contribution in [3.8, 4) is 11.3 Å². The van der Waals surface area contributed by atoms with Crippen molar-refractivity contribution in [2.24, 2.45) is 5.41 Å². The molecule has 0 aliphatic heterocycles. The molecule has 2 aromatic rings. The molecule has 2 nitrogen and oxygen atoms in total. The zero-order chi connectivity index (χ0) is 17.5. The van der Waals surface area contributed by atoms with E-state index in [1.807, 2.05) is 20.8 Å². The molecule has 0 saturated heterocycles. The minimum Gasteiger partial charge on any atom is -0.261 e. The van der Waals surface area contributed by atoms with Crippen LogP contribution in [-0.2, 0) is 6.37 Å². The Labute approximate surface area is 116 Å². The van der Waals surface area contributed by atoms with Crippen molar-refractivity contribution in [1.82, 2.24) is 9.97 Å². The van der Waals surface area contributed by atoms with Crippen LogP contribution in [-0.4, -0.2) is 9.97 Å². The molecule has 2 rings (SSSR count). The summed E-state index contributed by atoms with van der Waals surface area (Å²) in [5, 5.41) is 0. The van der Waals surface area contributed by atoms with Crippen molar-refractivity contribution < 1.29 is 6.85 Å². The molecule has 2 aromatic heterocycles. The van der Waals surface area contributed by atoms with Crippen LogP contribution in [0.25, 0.3) is 11.3 Å². The number of hydrogen-bond donors (Lipinski definition) is 0. The highest BCUT2D eigenvalue weighted by Gasteiger charge is 2.11. The minimum atomic E-state index is -2.22. The van der Waals surface area contributed by atoms with Crippen molar-refractivity contribution in [2.75, 3.05) is 0 Å². The number of nitrogens with zero attached hydrogens (tertiary/aromatic N) is 2. The van der Waals surface area contributed by atoms with Gasteiger partial charge in [-0.3, -0.25) is 9.97 Å². The Bertz CT molecular complexity index is 668. The molecule has 18 heavy (non-hydrogen) atoms. The zero-order valence-corrected chi connectivity index (χ0v) is 10.9. The molecule has 0 unspecified atom stereocenters. The highest BCUT2D eigenvalue weighted by Crippen LogP contribution is 2.22. The van der Waals surface area contributed by atoms with E-state index in [4.69, 9.17) is 6.85 Å². The van der Waals surface area contributed by atoms with Crippen molar-refractivity contribution in [2.45, 2.75) is 34.0 Å². The fourth-order valence-corrected chi connectivity index (χ4v) is 1.62. The van der Waals surface area contributed by atoms with E-state index >= 15 is 0 Å². The first-order valence-corrected chi connectivity index (χ1v) is 5.86. The molecule has 0 fully saturated rings. The van der Waals surface area contributed by atoms with Gasteiger partial charge in [0.05, 0.1) is 5.69 Å². The Morgan fingerprint density at radius 3 is 2.44 bits per heavy atom. The predicted octanol–water partition coefficient (Wildman–Crippen LogP) is 4.04. The van der Waals surface area contributed by atoms with Crippen LogP contribution in [0.15, 0.2) is 36.7 Å². The number of pyridine rings is 2. The summed E-state index contributed by atoms with van der Waals surface area (Å²) in [7, 11) is 0. The molecule has 0 atom stereocenters. The molecule has 0 aliphatic carbocycles. The molecule has 0 bridgehead atoms. The van der Waals surface area contributed by atoms with Gasteiger partial charge in [0.2, 0.25) is 0 Å². The van der Waals surface area contributed by atoms with Crippen LogP contribution in [0, 0.1) is 12.3 Å². The van der Waals surface area contributed by atoms with Gasteiger partial charge in [-0.2, -0.15) is 0 Å². The molecule has 94 valence electrons. The van der Waals surface area contributed by atoms with Crippen molar-refractivity contribution in [1.29, 1.82) is 0 Å². The second-order valence-corrected chi connectivity index (χ2v) is 5.24. The van der Waals surface area contributed by atoms with Crippen LogP contribution in [0.1, 0.15) is 38.9 Å². The van der Waals surface area contributed by atoms with E-state index in [9.17, 15) is 0 Å². The SMILES string of the molecule is [2H]C([2H])([2H])c1ccc(-c2ccc(C([2H])([2H])C(C)(C)C)cn2)cn1. The first-order valence-electron chi connectivity index (χ1n) is 8.36. The Hall–Kier alpha value is -1.70. The Morgan fingerprint density at radius 1 is 1.11 bits per heavy atom. The molecule has 0 aliphatic rings. The van der Waals surface area contributed by atoms with Crippen LogP contribution in [0.4, 0.5) is 0 Å². The van der Waals surface area contributed by atoms with Crippen LogP contribution in [0.5, 0.6) is 0 Å². The summed E-state index contributed by atoms with van der Waals surface area (Å²) in [5.41, 5.74) is 1.34. The molecule has 0 aromatic carbocycles. The third-order valence-corrected chi connectivity index (χ3v) is 2.34. The normalized spacial score (nSPS) is 17.2. The highest BCUT2D eigenvalue weighted by atomic mass is 14.7. The van der Waals surface area contributed by atoms with Gasteiger partial charge in [0.25, 0.3) is 0 Å². The topological polar surface area (TPSA) is 25.8 Å². The van der Waals surface area contributed by atoms with Crippen molar-refractivity contribution >= 4 is 0 Å². The molecule has 2 heteroatoms. The van der Waals surface area contributed by atoms with Gasteiger partial charge >= 0.3 is 0 Å². The van der Waals surface area contributed by atoms with Gasteiger partial charge in [-0.05, 0) is 42.4 Å². The van der Waals surface area contributed by atoms with E-state index in [0.29, 0.717) is 16.8 Å². The summed E-state index contributed by atoms with van der Waals surface area (Å²) < 4.78 is 38.4. The predicted molar refractivity (Wildman–Crippen MR) is 75.4 cm³/mol. The molecule has 2 heterocycles. The lowest BCUT2D eigenvalue weighted by atomic mass is 9.89. The largest absolute Gasteiger partial charge is 0.261 e. The summed E-state index contributed by atoms with van der Waals surface area (Å²) in [5.74, 6) is 0. The minimum absolute atomic E-state index is 0.0435. The third kappa shape index (κ3) is 3.39. The number of hydrogen-bond acceptors (Lipinski definition) is 2. The van der Waals surface area contributed by atoms with E-state index in [2.05, 4.69) is 9.97 Å². The lowest BCUT2D eigenvalue weighted by Gasteiger charge is -2.17. The van der Waals surface area contributed by atoms with Crippen LogP contribution < -0.4 is 0 Å².